The Balaban J connectivity index is 2.53. The lowest BCUT2D eigenvalue weighted by Gasteiger charge is -2.15. The van der Waals surface area contributed by atoms with Crippen molar-refractivity contribution in [3.63, 3.8) is 0 Å². The monoisotopic (exact) mass is 320 g/mol. The number of ether oxygens (including phenoxy) is 1. The summed E-state index contributed by atoms with van der Waals surface area (Å²) in [6.07, 6.45) is -4.00. The molecule has 0 spiro atoms. The van der Waals surface area contributed by atoms with Gasteiger partial charge in [0.15, 0.2) is 6.61 Å². The molecule has 0 aliphatic rings. The molecular weight excluding hydrogens is 301 g/mol. The molecule has 1 aromatic rings. The summed E-state index contributed by atoms with van der Waals surface area (Å²) in [4.78, 5) is 11.6. The van der Waals surface area contributed by atoms with E-state index in [0.717, 1.165) is 0 Å². The number of carbonyl (C=O) groups excluding carboxylic acids is 1. The number of urea groups is 1. The van der Waals surface area contributed by atoms with Gasteiger partial charge in [0.1, 0.15) is 5.75 Å². The van der Waals surface area contributed by atoms with Crippen LogP contribution in [0.3, 0.4) is 0 Å². The Kier molecular flexibility index (Phi) is 6.97. The number of benzene rings is 1. The summed E-state index contributed by atoms with van der Waals surface area (Å²) in [5, 5.41) is 13.9. The summed E-state index contributed by atoms with van der Waals surface area (Å²) in [7, 11) is 0. The lowest BCUT2D eigenvalue weighted by atomic mass is 10.2. The molecule has 1 rings (SSSR count). The number of aliphatic hydroxyl groups excluding tert-OH is 1. The van der Waals surface area contributed by atoms with Crippen LogP contribution in [0.4, 0.5) is 18.0 Å². The first-order valence-electron chi connectivity index (χ1n) is 6.74. The smallest absolute Gasteiger partial charge is 0.422 e. The minimum atomic E-state index is -4.42. The van der Waals surface area contributed by atoms with Gasteiger partial charge in [0.2, 0.25) is 0 Å². The van der Waals surface area contributed by atoms with E-state index in [4.69, 9.17) is 9.84 Å². The maximum absolute atomic E-state index is 12.2. The van der Waals surface area contributed by atoms with Crippen molar-refractivity contribution in [1.82, 2.24) is 10.6 Å². The Morgan fingerprint density at radius 3 is 2.68 bits per heavy atom. The second kappa shape index (κ2) is 8.47. The number of nitrogens with one attached hydrogen (secondary N) is 2. The predicted octanol–water partition coefficient (Wildman–Crippen LogP) is 2.20. The van der Waals surface area contributed by atoms with Crippen LogP contribution in [0.1, 0.15) is 18.9 Å². The van der Waals surface area contributed by atoms with E-state index in [-0.39, 0.29) is 24.9 Å². The molecule has 0 saturated carbocycles. The summed E-state index contributed by atoms with van der Waals surface area (Å²) >= 11 is 0. The van der Waals surface area contributed by atoms with E-state index in [1.807, 2.05) is 0 Å². The van der Waals surface area contributed by atoms with Gasteiger partial charge in [-0.3, -0.25) is 0 Å². The highest BCUT2D eigenvalue weighted by molar-refractivity contribution is 5.74. The van der Waals surface area contributed by atoms with Gasteiger partial charge in [-0.2, -0.15) is 13.2 Å². The van der Waals surface area contributed by atoms with Crippen LogP contribution in [0.25, 0.3) is 0 Å². The van der Waals surface area contributed by atoms with E-state index >= 15 is 0 Å². The molecule has 2 amide bonds. The van der Waals surface area contributed by atoms with E-state index in [1.54, 1.807) is 25.1 Å². The lowest BCUT2D eigenvalue weighted by molar-refractivity contribution is -0.153. The number of rotatable bonds is 7. The predicted molar refractivity (Wildman–Crippen MR) is 74.5 cm³/mol. The molecule has 0 bridgehead atoms. The van der Waals surface area contributed by atoms with E-state index in [9.17, 15) is 18.0 Å². The molecule has 1 aromatic carbocycles. The summed E-state index contributed by atoms with van der Waals surface area (Å²) in [6, 6.07) is 5.51. The summed E-state index contributed by atoms with van der Waals surface area (Å²) in [5.74, 6) is 0.0727. The number of aliphatic hydroxyl groups is 1. The molecule has 3 N–H and O–H groups in total. The number of amides is 2. The molecule has 0 aliphatic carbocycles. The van der Waals surface area contributed by atoms with Crippen molar-refractivity contribution in [3.8, 4) is 5.75 Å². The van der Waals surface area contributed by atoms with Crippen LogP contribution in [-0.4, -0.2) is 36.6 Å². The minimum Gasteiger partial charge on any atom is -0.484 e. The van der Waals surface area contributed by atoms with Gasteiger partial charge in [-0.1, -0.05) is 18.2 Å². The highest BCUT2D eigenvalue weighted by Gasteiger charge is 2.28. The topological polar surface area (TPSA) is 70.6 Å². The van der Waals surface area contributed by atoms with Crippen molar-refractivity contribution < 1.29 is 27.8 Å². The number of hydrogen-bond acceptors (Lipinski definition) is 3. The van der Waals surface area contributed by atoms with Crippen molar-refractivity contribution in [1.29, 1.82) is 0 Å². The van der Waals surface area contributed by atoms with E-state index in [1.165, 1.54) is 6.07 Å². The standard InChI is InChI=1S/C14H19F3N2O3/c1-10(6-7-20)19-13(21)18-8-11-4-2-3-5-12(11)22-9-14(15,16)17/h2-5,10,20H,6-9H2,1H3,(H2,18,19,21)/t10-/m1/s1. The molecule has 5 nitrogen and oxygen atoms in total. The second-order valence-electron chi connectivity index (χ2n) is 4.75. The highest BCUT2D eigenvalue weighted by atomic mass is 19.4. The van der Waals surface area contributed by atoms with Crippen LogP contribution in [0.15, 0.2) is 24.3 Å². The molecule has 8 heteroatoms. The van der Waals surface area contributed by atoms with Gasteiger partial charge in [-0.25, -0.2) is 4.79 Å². The SMILES string of the molecule is C[C@H](CCO)NC(=O)NCc1ccccc1OCC(F)(F)F. The van der Waals surface area contributed by atoms with Crippen molar-refractivity contribution in [2.45, 2.75) is 32.1 Å². The Morgan fingerprint density at radius 1 is 1.36 bits per heavy atom. The van der Waals surface area contributed by atoms with Crippen LogP contribution >= 0.6 is 0 Å². The molecule has 1 atom stereocenters. The first kappa shape index (κ1) is 18.1. The van der Waals surface area contributed by atoms with Gasteiger partial charge < -0.3 is 20.5 Å². The molecule has 0 aromatic heterocycles. The van der Waals surface area contributed by atoms with Gasteiger partial charge in [-0.15, -0.1) is 0 Å². The average molecular weight is 320 g/mol. The van der Waals surface area contributed by atoms with Crippen LogP contribution in [0.5, 0.6) is 5.75 Å². The van der Waals surface area contributed by atoms with E-state index in [2.05, 4.69) is 10.6 Å². The van der Waals surface area contributed by atoms with Crippen molar-refractivity contribution in [2.24, 2.45) is 0 Å². The van der Waals surface area contributed by atoms with Gasteiger partial charge in [0.25, 0.3) is 0 Å². The zero-order valence-corrected chi connectivity index (χ0v) is 12.1. The lowest BCUT2D eigenvalue weighted by Crippen LogP contribution is -2.40. The molecule has 0 radical (unpaired) electrons. The van der Waals surface area contributed by atoms with Crippen LogP contribution in [0.2, 0.25) is 0 Å². The molecule has 0 unspecified atom stereocenters. The number of carbonyl (C=O) groups is 1. The van der Waals surface area contributed by atoms with Crippen molar-refractivity contribution in [3.05, 3.63) is 29.8 Å². The second-order valence-corrected chi connectivity index (χ2v) is 4.75. The fraction of sp³-hybridized carbons (Fsp3) is 0.500. The summed E-state index contributed by atoms with van der Waals surface area (Å²) < 4.78 is 41.3. The minimum absolute atomic E-state index is 0.0334. The number of para-hydroxylation sites is 1. The molecule has 0 heterocycles. The van der Waals surface area contributed by atoms with Gasteiger partial charge in [0, 0.05) is 24.8 Å². The van der Waals surface area contributed by atoms with Crippen LogP contribution in [-0.2, 0) is 6.54 Å². The first-order chi connectivity index (χ1) is 10.3. The zero-order valence-electron chi connectivity index (χ0n) is 12.1. The Bertz CT molecular complexity index is 481. The zero-order chi connectivity index (χ0) is 16.6. The number of hydrogen-bond donors (Lipinski definition) is 3. The summed E-state index contributed by atoms with van der Waals surface area (Å²) in [5.41, 5.74) is 0.441. The molecular formula is C14H19F3N2O3. The number of halogens is 3. The Labute approximate surface area is 126 Å². The third kappa shape index (κ3) is 7.16. The normalized spacial score (nSPS) is 12.6. The van der Waals surface area contributed by atoms with Crippen LogP contribution in [0, 0.1) is 0 Å². The third-order valence-corrected chi connectivity index (χ3v) is 2.74. The molecule has 0 fully saturated rings. The third-order valence-electron chi connectivity index (χ3n) is 2.74. The molecule has 22 heavy (non-hydrogen) atoms. The Morgan fingerprint density at radius 2 is 2.05 bits per heavy atom. The molecule has 0 saturated heterocycles. The largest absolute Gasteiger partial charge is 0.484 e. The maximum atomic E-state index is 12.2. The summed E-state index contributed by atoms with van der Waals surface area (Å²) in [6.45, 7) is 0.335. The Hall–Kier alpha value is -1.96. The fourth-order valence-corrected chi connectivity index (χ4v) is 1.67. The maximum Gasteiger partial charge on any atom is 0.422 e. The van der Waals surface area contributed by atoms with Gasteiger partial charge in [0.05, 0.1) is 0 Å². The van der Waals surface area contributed by atoms with Gasteiger partial charge in [-0.05, 0) is 19.4 Å². The van der Waals surface area contributed by atoms with Crippen molar-refractivity contribution >= 4 is 6.03 Å². The molecule has 0 aliphatic heterocycles. The quantitative estimate of drug-likeness (QED) is 0.721. The highest BCUT2D eigenvalue weighted by Crippen LogP contribution is 2.21. The van der Waals surface area contributed by atoms with E-state index < -0.39 is 18.8 Å². The van der Waals surface area contributed by atoms with Crippen molar-refractivity contribution in [2.75, 3.05) is 13.2 Å². The van der Waals surface area contributed by atoms with Gasteiger partial charge >= 0.3 is 12.2 Å². The molecule has 124 valence electrons. The average Bonchev–Trinajstić information content (AvgIpc) is 2.43. The number of alkyl halides is 3. The van der Waals surface area contributed by atoms with E-state index in [0.29, 0.717) is 12.0 Å². The first-order valence-corrected chi connectivity index (χ1v) is 6.74. The van der Waals surface area contributed by atoms with Crippen LogP contribution < -0.4 is 15.4 Å². The fourth-order valence-electron chi connectivity index (χ4n) is 1.67.